The first-order valence-electron chi connectivity index (χ1n) is 2.55. The number of carboxylic acid groups (broad SMARTS) is 1. The number of hydrogen-bond acceptors (Lipinski definition) is 5. The van der Waals surface area contributed by atoms with E-state index in [1.807, 2.05) is 0 Å². The van der Waals surface area contributed by atoms with Crippen LogP contribution in [0.2, 0.25) is 0 Å². The molecule has 0 bridgehead atoms. The molecule has 1 amide bonds. The summed E-state index contributed by atoms with van der Waals surface area (Å²) in [7, 11) is -3.28. The predicted molar refractivity (Wildman–Crippen MR) is 40.9 cm³/mol. The Kier molecular flexibility index (Phi) is 4.31. The van der Waals surface area contributed by atoms with Crippen LogP contribution in [0.4, 0.5) is 4.79 Å². The van der Waals surface area contributed by atoms with Crippen molar-refractivity contribution in [2.45, 2.75) is 0 Å². The van der Waals surface area contributed by atoms with Crippen molar-refractivity contribution < 1.29 is 26.5 Å². The molecule has 0 aromatic heterocycles. The third-order valence-corrected chi connectivity index (χ3v) is 2.27. The standard InChI is InChI=1S/C3H7NO6S2/c1-4(3(5)6)2-11-10-12(7,8)9/h2H2,1H3,(H,5,6)(H,7,8,9). The van der Waals surface area contributed by atoms with Crippen molar-refractivity contribution >= 4 is 28.5 Å². The molecule has 12 heavy (non-hydrogen) atoms. The van der Waals surface area contributed by atoms with E-state index in [9.17, 15) is 13.2 Å². The summed E-state index contributed by atoms with van der Waals surface area (Å²) in [5.41, 5.74) is 0. The van der Waals surface area contributed by atoms with Crippen molar-refractivity contribution in [3.8, 4) is 0 Å². The van der Waals surface area contributed by atoms with Gasteiger partial charge < -0.3 is 5.11 Å². The normalized spacial score (nSPS) is 11.2. The molecule has 0 aromatic carbocycles. The second-order valence-corrected chi connectivity index (χ2v) is 3.62. The molecule has 0 heterocycles. The molecular weight excluding hydrogens is 210 g/mol. The van der Waals surface area contributed by atoms with Gasteiger partial charge in [-0.05, 0) is 0 Å². The Labute approximate surface area is 73.5 Å². The lowest BCUT2D eigenvalue weighted by Gasteiger charge is -2.09. The van der Waals surface area contributed by atoms with Crippen molar-refractivity contribution in [2.24, 2.45) is 0 Å². The molecule has 0 aromatic rings. The number of carbonyl (C=O) groups is 1. The summed E-state index contributed by atoms with van der Waals surface area (Å²) in [4.78, 5) is 10.9. The Morgan fingerprint density at radius 1 is 1.67 bits per heavy atom. The number of hydrogen-bond donors (Lipinski definition) is 2. The van der Waals surface area contributed by atoms with Crippen LogP contribution in [0.15, 0.2) is 0 Å². The lowest BCUT2D eigenvalue weighted by molar-refractivity contribution is 0.162. The van der Waals surface area contributed by atoms with Gasteiger partial charge >= 0.3 is 16.5 Å². The van der Waals surface area contributed by atoms with E-state index in [1.165, 1.54) is 7.05 Å². The molecule has 2 N–H and O–H groups in total. The van der Waals surface area contributed by atoms with E-state index in [4.69, 9.17) is 9.66 Å². The van der Waals surface area contributed by atoms with Gasteiger partial charge in [0.15, 0.2) is 0 Å². The lowest BCUT2D eigenvalue weighted by atomic mass is 10.9. The van der Waals surface area contributed by atoms with Crippen molar-refractivity contribution in [2.75, 3.05) is 12.9 Å². The van der Waals surface area contributed by atoms with Crippen LogP contribution >= 0.6 is 12.0 Å². The largest absolute Gasteiger partial charge is 0.465 e. The molecule has 0 radical (unpaired) electrons. The fourth-order valence-electron chi connectivity index (χ4n) is 0.217. The minimum Gasteiger partial charge on any atom is -0.465 e. The van der Waals surface area contributed by atoms with E-state index in [-0.39, 0.29) is 5.88 Å². The summed E-state index contributed by atoms with van der Waals surface area (Å²) in [5.74, 6) is -0.213. The van der Waals surface area contributed by atoms with Crippen LogP contribution in [0.3, 0.4) is 0 Å². The summed E-state index contributed by atoms with van der Waals surface area (Å²) in [6.45, 7) is 0. The summed E-state index contributed by atoms with van der Waals surface area (Å²) in [6.07, 6.45) is -1.22. The minimum absolute atomic E-state index is 0.213. The molecule has 0 saturated heterocycles. The highest BCUT2D eigenvalue weighted by molar-refractivity contribution is 8.02. The van der Waals surface area contributed by atoms with Crippen molar-refractivity contribution in [1.29, 1.82) is 0 Å². The Morgan fingerprint density at radius 2 is 2.17 bits per heavy atom. The van der Waals surface area contributed by atoms with Crippen molar-refractivity contribution in [3.63, 3.8) is 0 Å². The molecule has 0 rings (SSSR count). The molecule has 0 spiro atoms. The van der Waals surface area contributed by atoms with Gasteiger partial charge in [0.2, 0.25) is 0 Å². The van der Waals surface area contributed by atoms with Gasteiger partial charge in [-0.15, -0.1) is 0 Å². The molecule has 7 nitrogen and oxygen atoms in total. The Morgan fingerprint density at radius 3 is 2.50 bits per heavy atom. The quantitative estimate of drug-likeness (QED) is 0.388. The zero-order valence-electron chi connectivity index (χ0n) is 6.00. The second kappa shape index (κ2) is 4.50. The zero-order chi connectivity index (χ0) is 9.78. The summed E-state index contributed by atoms with van der Waals surface area (Å²) >= 11 is 0.304. The van der Waals surface area contributed by atoms with Gasteiger partial charge in [0, 0.05) is 19.1 Å². The average molecular weight is 217 g/mol. The predicted octanol–water partition coefficient (Wildman–Crippen LogP) is 0.0213. The maximum Gasteiger partial charge on any atom is 0.408 e. The topological polar surface area (TPSA) is 104 Å². The van der Waals surface area contributed by atoms with Gasteiger partial charge in [-0.1, -0.05) is 0 Å². The van der Waals surface area contributed by atoms with Crippen LogP contribution in [0, 0.1) is 0 Å². The SMILES string of the molecule is CN(CSOS(=O)(=O)O)C(=O)O. The van der Waals surface area contributed by atoms with Crippen LogP contribution in [-0.4, -0.2) is 42.0 Å². The Hall–Kier alpha value is -0.510. The minimum atomic E-state index is -4.50. The van der Waals surface area contributed by atoms with Gasteiger partial charge in [-0.2, -0.15) is 12.0 Å². The highest BCUT2D eigenvalue weighted by Crippen LogP contribution is 2.07. The first-order valence-corrected chi connectivity index (χ1v) is 4.83. The lowest BCUT2D eigenvalue weighted by Crippen LogP contribution is -2.24. The third kappa shape index (κ3) is 6.22. The van der Waals surface area contributed by atoms with E-state index in [2.05, 4.69) is 3.63 Å². The zero-order valence-corrected chi connectivity index (χ0v) is 7.63. The van der Waals surface area contributed by atoms with Crippen LogP contribution < -0.4 is 0 Å². The van der Waals surface area contributed by atoms with E-state index < -0.39 is 16.5 Å². The molecule has 72 valence electrons. The molecule has 0 saturated carbocycles. The fraction of sp³-hybridized carbons (Fsp3) is 0.667. The van der Waals surface area contributed by atoms with Crippen LogP contribution in [-0.2, 0) is 14.0 Å². The molecule has 0 fully saturated rings. The van der Waals surface area contributed by atoms with Gasteiger partial charge in [-0.3, -0.25) is 9.45 Å². The summed E-state index contributed by atoms with van der Waals surface area (Å²) in [6, 6.07) is 0. The summed E-state index contributed by atoms with van der Waals surface area (Å²) < 4.78 is 31.7. The molecule has 0 aliphatic rings. The van der Waals surface area contributed by atoms with Crippen LogP contribution in [0.1, 0.15) is 0 Å². The number of amides is 1. The van der Waals surface area contributed by atoms with E-state index >= 15 is 0 Å². The Balaban J connectivity index is 3.65. The van der Waals surface area contributed by atoms with E-state index in [0.29, 0.717) is 12.0 Å². The molecule has 0 atom stereocenters. The molecule has 0 aliphatic heterocycles. The molecule has 0 aliphatic carbocycles. The van der Waals surface area contributed by atoms with E-state index in [1.54, 1.807) is 0 Å². The first-order chi connectivity index (χ1) is 5.33. The average Bonchev–Trinajstić information content (AvgIpc) is 1.84. The van der Waals surface area contributed by atoms with Gasteiger partial charge in [0.25, 0.3) is 0 Å². The maximum atomic E-state index is 10.1. The smallest absolute Gasteiger partial charge is 0.408 e. The highest BCUT2D eigenvalue weighted by atomic mass is 32.3. The highest BCUT2D eigenvalue weighted by Gasteiger charge is 2.09. The fourth-order valence-corrected chi connectivity index (χ4v) is 1.14. The van der Waals surface area contributed by atoms with Gasteiger partial charge in [0.05, 0.1) is 5.88 Å². The number of rotatable bonds is 4. The van der Waals surface area contributed by atoms with Gasteiger partial charge in [-0.25, -0.2) is 4.79 Å². The second-order valence-electron chi connectivity index (χ2n) is 1.72. The first kappa shape index (κ1) is 11.5. The monoisotopic (exact) mass is 217 g/mol. The van der Waals surface area contributed by atoms with E-state index in [0.717, 1.165) is 4.90 Å². The van der Waals surface area contributed by atoms with Crippen LogP contribution in [0.5, 0.6) is 0 Å². The summed E-state index contributed by atoms with van der Waals surface area (Å²) in [5, 5.41) is 8.26. The molecular formula is C3H7NO6S2. The third-order valence-electron chi connectivity index (χ3n) is 0.707. The van der Waals surface area contributed by atoms with Crippen molar-refractivity contribution in [1.82, 2.24) is 4.90 Å². The Bertz CT molecular complexity index is 248. The van der Waals surface area contributed by atoms with Crippen molar-refractivity contribution in [3.05, 3.63) is 0 Å². The van der Waals surface area contributed by atoms with Crippen LogP contribution in [0.25, 0.3) is 0 Å². The van der Waals surface area contributed by atoms with Gasteiger partial charge in [0.1, 0.15) is 0 Å². The number of nitrogens with zero attached hydrogens (tertiary/aromatic N) is 1. The molecule has 0 unspecified atom stereocenters. The molecule has 9 heteroatoms. The maximum absolute atomic E-state index is 10.1.